The maximum atomic E-state index is 11.3. The zero-order chi connectivity index (χ0) is 9.80. The van der Waals surface area contributed by atoms with Crippen molar-refractivity contribution < 1.29 is 4.79 Å². The zero-order valence-electron chi connectivity index (χ0n) is 8.45. The maximum absolute atomic E-state index is 11.3. The van der Waals surface area contributed by atoms with Crippen LogP contribution >= 0.6 is 11.8 Å². The number of rotatable bonds is 2. The van der Waals surface area contributed by atoms with Crippen LogP contribution < -0.4 is 0 Å². The van der Waals surface area contributed by atoms with Gasteiger partial charge in [0.25, 0.3) is 0 Å². The normalized spacial score (nSPS) is 30.3. The first-order valence-electron chi connectivity index (χ1n) is 5.56. The molecule has 2 fully saturated rings. The van der Waals surface area contributed by atoms with Gasteiger partial charge < -0.3 is 0 Å². The van der Waals surface area contributed by atoms with Crippen LogP contribution in [0.15, 0.2) is 4.99 Å². The summed E-state index contributed by atoms with van der Waals surface area (Å²) >= 11 is 1.44. The van der Waals surface area contributed by atoms with Crippen molar-refractivity contribution in [1.29, 1.82) is 0 Å². The van der Waals surface area contributed by atoms with E-state index in [0.29, 0.717) is 5.92 Å². The van der Waals surface area contributed by atoms with E-state index in [1.165, 1.54) is 43.9 Å². The summed E-state index contributed by atoms with van der Waals surface area (Å²) in [5.41, 5.74) is 0. The van der Waals surface area contributed by atoms with Crippen LogP contribution in [0.2, 0.25) is 0 Å². The van der Waals surface area contributed by atoms with Crippen molar-refractivity contribution >= 4 is 23.1 Å². The minimum absolute atomic E-state index is 0.0121. The van der Waals surface area contributed by atoms with Gasteiger partial charge in [0.15, 0.2) is 0 Å². The first-order valence-corrected chi connectivity index (χ1v) is 6.55. The van der Waals surface area contributed by atoms with E-state index in [1.807, 2.05) is 0 Å². The average molecular weight is 211 g/mol. The van der Waals surface area contributed by atoms with E-state index in [0.717, 1.165) is 12.2 Å². The second-order valence-corrected chi connectivity index (χ2v) is 5.27. The number of nitrogens with zero attached hydrogens (tertiary/aromatic N) is 1. The molecule has 1 heterocycles. The third kappa shape index (κ3) is 2.59. The Bertz CT molecular complexity index is 233. The molecule has 3 heteroatoms. The van der Waals surface area contributed by atoms with Crippen molar-refractivity contribution in [2.45, 2.75) is 44.6 Å². The fourth-order valence-corrected chi connectivity index (χ4v) is 3.04. The summed E-state index contributed by atoms with van der Waals surface area (Å²) in [6, 6.07) is -0.0121. The number of thioether (sulfide) groups is 1. The Balaban J connectivity index is 1.82. The van der Waals surface area contributed by atoms with Crippen LogP contribution in [0.1, 0.15) is 38.5 Å². The summed E-state index contributed by atoms with van der Waals surface area (Å²) in [4.78, 5) is 15.7. The highest BCUT2D eigenvalue weighted by Gasteiger charge is 2.24. The van der Waals surface area contributed by atoms with Crippen LogP contribution in [0.4, 0.5) is 0 Å². The van der Waals surface area contributed by atoms with Gasteiger partial charge in [0.2, 0.25) is 5.12 Å². The van der Waals surface area contributed by atoms with Gasteiger partial charge in [-0.25, -0.2) is 0 Å². The third-order valence-electron chi connectivity index (χ3n) is 3.03. The quantitative estimate of drug-likeness (QED) is 0.657. The maximum Gasteiger partial charge on any atom is 0.213 e. The molecule has 2 nitrogen and oxygen atoms in total. The lowest BCUT2D eigenvalue weighted by Gasteiger charge is -2.17. The van der Waals surface area contributed by atoms with E-state index in [-0.39, 0.29) is 11.2 Å². The largest absolute Gasteiger partial charge is 0.285 e. The van der Waals surface area contributed by atoms with E-state index in [9.17, 15) is 4.79 Å². The van der Waals surface area contributed by atoms with Crippen molar-refractivity contribution in [2.75, 3.05) is 5.75 Å². The van der Waals surface area contributed by atoms with Crippen molar-refractivity contribution in [3.05, 3.63) is 0 Å². The summed E-state index contributed by atoms with van der Waals surface area (Å²) in [6.45, 7) is 0. The minimum Gasteiger partial charge on any atom is -0.285 e. The number of carbonyl (C=O) groups is 1. The Morgan fingerprint density at radius 2 is 2.00 bits per heavy atom. The van der Waals surface area contributed by atoms with Crippen LogP contribution in [-0.2, 0) is 4.79 Å². The molecule has 1 atom stereocenters. The number of hydrogen-bond donors (Lipinski definition) is 0. The summed E-state index contributed by atoms with van der Waals surface area (Å²) in [6.07, 6.45) is 9.62. The fourth-order valence-electron chi connectivity index (χ4n) is 2.13. The molecule has 14 heavy (non-hydrogen) atoms. The molecule has 0 bridgehead atoms. The zero-order valence-corrected chi connectivity index (χ0v) is 9.26. The standard InChI is InChI=1S/C11H17NOS/c13-11-10(6-7-14-11)12-8-9-4-2-1-3-5-9/h8-10H,1-7H2. The first-order chi connectivity index (χ1) is 6.86. The SMILES string of the molecule is O=C1SCCC1N=CC1CCCCC1. The molecule has 2 aliphatic rings. The van der Waals surface area contributed by atoms with E-state index in [1.54, 1.807) is 0 Å². The highest BCUT2D eigenvalue weighted by atomic mass is 32.2. The predicted molar refractivity (Wildman–Crippen MR) is 60.9 cm³/mol. The van der Waals surface area contributed by atoms with Crippen LogP contribution in [-0.4, -0.2) is 23.1 Å². The predicted octanol–water partition coefficient (Wildman–Crippen LogP) is 2.67. The molecule has 0 aromatic heterocycles. The molecule has 78 valence electrons. The lowest BCUT2D eigenvalue weighted by molar-refractivity contribution is -0.111. The van der Waals surface area contributed by atoms with Crippen LogP contribution in [0.3, 0.4) is 0 Å². The summed E-state index contributed by atoms with van der Waals surface area (Å²) < 4.78 is 0. The molecule has 0 aromatic rings. The van der Waals surface area contributed by atoms with E-state index in [4.69, 9.17) is 0 Å². The Morgan fingerprint density at radius 3 is 2.64 bits per heavy atom. The van der Waals surface area contributed by atoms with Gasteiger partial charge >= 0.3 is 0 Å². The molecule has 1 aliphatic heterocycles. The Labute approximate surface area is 89.6 Å². The van der Waals surface area contributed by atoms with Gasteiger partial charge in [0.05, 0.1) is 0 Å². The molecule has 0 spiro atoms. The lowest BCUT2D eigenvalue weighted by Crippen LogP contribution is -2.12. The van der Waals surface area contributed by atoms with Gasteiger partial charge in [-0.2, -0.15) is 0 Å². The molecule has 0 radical (unpaired) electrons. The second kappa shape index (κ2) is 4.96. The molecule has 1 aliphatic carbocycles. The summed E-state index contributed by atoms with van der Waals surface area (Å²) in [7, 11) is 0. The molecule has 0 aromatic carbocycles. The van der Waals surface area contributed by atoms with Gasteiger partial charge in [-0.3, -0.25) is 9.79 Å². The molecule has 1 unspecified atom stereocenters. The second-order valence-electron chi connectivity index (χ2n) is 4.17. The number of carbonyl (C=O) groups excluding carboxylic acids is 1. The van der Waals surface area contributed by atoms with E-state index in [2.05, 4.69) is 11.2 Å². The molecule has 2 rings (SSSR count). The van der Waals surface area contributed by atoms with Crippen LogP contribution in [0, 0.1) is 5.92 Å². The molecule has 0 N–H and O–H groups in total. The highest BCUT2D eigenvalue weighted by molar-refractivity contribution is 8.14. The molecule has 0 amide bonds. The Morgan fingerprint density at radius 1 is 1.21 bits per heavy atom. The van der Waals surface area contributed by atoms with Gasteiger partial charge in [-0.1, -0.05) is 31.0 Å². The summed E-state index contributed by atoms with van der Waals surface area (Å²) in [5, 5.41) is 0.275. The molecular formula is C11H17NOS. The Kier molecular flexibility index (Phi) is 3.62. The fraction of sp³-hybridized carbons (Fsp3) is 0.818. The number of hydrogen-bond acceptors (Lipinski definition) is 3. The van der Waals surface area contributed by atoms with Gasteiger partial charge in [-0.15, -0.1) is 0 Å². The Hall–Kier alpha value is -0.310. The lowest BCUT2D eigenvalue weighted by atomic mass is 9.90. The van der Waals surface area contributed by atoms with E-state index >= 15 is 0 Å². The average Bonchev–Trinajstić information content (AvgIpc) is 2.63. The van der Waals surface area contributed by atoms with E-state index < -0.39 is 0 Å². The molecular weight excluding hydrogens is 194 g/mol. The van der Waals surface area contributed by atoms with Gasteiger partial charge in [0.1, 0.15) is 6.04 Å². The minimum atomic E-state index is -0.0121. The topological polar surface area (TPSA) is 29.4 Å². The molecule has 1 saturated heterocycles. The van der Waals surface area contributed by atoms with Crippen molar-refractivity contribution in [2.24, 2.45) is 10.9 Å². The van der Waals surface area contributed by atoms with Crippen LogP contribution in [0.5, 0.6) is 0 Å². The van der Waals surface area contributed by atoms with Gasteiger partial charge in [0, 0.05) is 12.0 Å². The monoisotopic (exact) mass is 211 g/mol. The molecule has 1 saturated carbocycles. The smallest absolute Gasteiger partial charge is 0.213 e. The van der Waals surface area contributed by atoms with Crippen LogP contribution in [0.25, 0.3) is 0 Å². The van der Waals surface area contributed by atoms with Crippen molar-refractivity contribution in [1.82, 2.24) is 0 Å². The summed E-state index contributed by atoms with van der Waals surface area (Å²) in [5.74, 6) is 1.62. The van der Waals surface area contributed by atoms with Gasteiger partial charge in [-0.05, 0) is 25.2 Å². The first kappa shape index (κ1) is 10.2. The van der Waals surface area contributed by atoms with Crippen molar-refractivity contribution in [3.63, 3.8) is 0 Å². The number of aliphatic imine (C=N–C) groups is 1. The van der Waals surface area contributed by atoms with Crippen molar-refractivity contribution in [3.8, 4) is 0 Å². The third-order valence-corrected chi connectivity index (χ3v) is 4.03. The highest BCUT2D eigenvalue weighted by Crippen LogP contribution is 2.25.